The number of likely N-dealkylation sites (tertiary alicyclic amines) is 1. The van der Waals surface area contributed by atoms with Crippen LogP contribution in [0.2, 0.25) is 0 Å². The summed E-state index contributed by atoms with van der Waals surface area (Å²) in [6, 6.07) is 0.482. The summed E-state index contributed by atoms with van der Waals surface area (Å²) in [7, 11) is 4.19. The standard InChI is InChI=1S/C17H33N5/c1-6-22-9-7-8-14(11-20(4)13-17(2,3)18)16(22)15-10-19-21(5)12-15/h10,12,14,16H,6-9,11,13,18H2,1-5H3/t14-,16+/m0/s1. The summed E-state index contributed by atoms with van der Waals surface area (Å²) in [4.78, 5) is 5.00. The number of hydrogen-bond acceptors (Lipinski definition) is 4. The molecule has 0 spiro atoms. The molecule has 1 aliphatic rings. The fourth-order valence-corrected chi connectivity index (χ4v) is 3.93. The average molecular weight is 307 g/mol. The summed E-state index contributed by atoms with van der Waals surface area (Å²) < 4.78 is 1.92. The van der Waals surface area contributed by atoms with E-state index in [-0.39, 0.29) is 5.54 Å². The van der Waals surface area contributed by atoms with Gasteiger partial charge in [-0.05, 0) is 52.7 Å². The number of likely N-dealkylation sites (N-methyl/N-ethyl adjacent to an activating group) is 1. The van der Waals surface area contributed by atoms with Crippen LogP contribution in [0.1, 0.15) is 45.2 Å². The number of nitrogens with zero attached hydrogens (tertiary/aromatic N) is 4. The van der Waals surface area contributed by atoms with E-state index < -0.39 is 0 Å². The van der Waals surface area contributed by atoms with Crippen molar-refractivity contribution in [2.75, 3.05) is 33.2 Å². The minimum Gasteiger partial charge on any atom is -0.324 e. The van der Waals surface area contributed by atoms with Crippen molar-refractivity contribution >= 4 is 0 Å². The fourth-order valence-electron chi connectivity index (χ4n) is 3.93. The molecule has 1 aromatic rings. The maximum Gasteiger partial charge on any atom is 0.0537 e. The molecule has 2 N–H and O–H groups in total. The van der Waals surface area contributed by atoms with Crippen molar-refractivity contribution in [3.63, 3.8) is 0 Å². The van der Waals surface area contributed by atoms with Crippen molar-refractivity contribution in [2.24, 2.45) is 18.7 Å². The normalized spacial score (nSPS) is 24.1. The third kappa shape index (κ3) is 4.54. The van der Waals surface area contributed by atoms with Crippen LogP contribution in [0.4, 0.5) is 0 Å². The summed E-state index contributed by atoms with van der Waals surface area (Å²) >= 11 is 0. The number of nitrogens with two attached hydrogens (primary N) is 1. The molecular formula is C17H33N5. The van der Waals surface area contributed by atoms with Crippen LogP contribution in [0.3, 0.4) is 0 Å². The van der Waals surface area contributed by atoms with E-state index in [1.165, 1.54) is 24.9 Å². The molecule has 5 heteroatoms. The number of hydrogen-bond donors (Lipinski definition) is 1. The lowest BCUT2D eigenvalue weighted by atomic mass is 9.85. The van der Waals surface area contributed by atoms with E-state index >= 15 is 0 Å². The minimum atomic E-state index is -0.141. The number of aromatic nitrogens is 2. The predicted molar refractivity (Wildman–Crippen MR) is 91.7 cm³/mol. The van der Waals surface area contributed by atoms with Gasteiger partial charge in [-0.25, -0.2) is 0 Å². The maximum atomic E-state index is 6.18. The second kappa shape index (κ2) is 7.11. The Morgan fingerprint density at radius 3 is 2.73 bits per heavy atom. The number of rotatable bonds is 6. The van der Waals surface area contributed by atoms with Crippen molar-refractivity contribution in [1.82, 2.24) is 19.6 Å². The van der Waals surface area contributed by atoms with Gasteiger partial charge in [0.15, 0.2) is 0 Å². The molecule has 1 aliphatic heterocycles. The summed E-state index contributed by atoms with van der Waals surface area (Å²) in [5, 5.41) is 4.39. The van der Waals surface area contributed by atoms with E-state index in [2.05, 4.69) is 48.9 Å². The highest BCUT2D eigenvalue weighted by Crippen LogP contribution is 2.36. The maximum absolute atomic E-state index is 6.18. The van der Waals surface area contributed by atoms with E-state index in [1.807, 2.05) is 17.9 Å². The molecule has 0 aromatic carbocycles. The zero-order valence-corrected chi connectivity index (χ0v) is 14.9. The van der Waals surface area contributed by atoms with Crippen LogP contribution in [0.15, 0.2) is 12.4 Å². The molecule has 2 heterocycles. The SMILES string of the molecule is CCN1CCC[C@@H](CN(C)CC(C)(C)N)[C@@H]1c1cnn(C)c1. The molecule has 0 saturated carbocycles. The molecule has 0 radical (unpaired) electrons. The van der Waals surface area contributed by atoms with Crippen LogP contribution in [0, 0.1) is 5.92 Å². The van der Waals surface area contributed by atoms with Crippen LogP contribution >= 0.6 is 0 Å². The Kier molecular flexibility index (Phi) is 5.64. The molecule has 2 atom stereocenters. The van der Waals surface area contributed by atoms with Gasteiger partial charge in [0, 0.05) is 43.5 Å². The van der Waals surface area contributed by atoms with Crippen molar-refractivity contribution in [2.45, 2.75) is 45.2 Å². The number of piperidine rings is 1. The van der Waals surface area contributed by atoms with E-state index in [0.717, 1.165) is 19.6 Å². The van der Waals surface area contributed by atoms with Gasteiger partial charge < -0.3 is 10.6 Å². The Bertz CT molecular complexity index is 462. The molecule has 1 fully saturated rings. The molecule has 0 unspecified atom stereocenters. The monoisotopic (exact) mass is 307 g/mol. The Balaban J connectivity index is 2.12. The third-order valence-electron chi connectivity index (χ3n) is 4.56. The molecule has 0 amide bonds. The molecular weight excluding hydrogens is 274 g/mol. The third-order valence-corrected chi connectivity index (χ3v) is 4.56. The molecule has 5 nitrogen and oxygen atoms in total. The quantitative estimate of drug-likeness (QED) is 0.871. The van der Waals surface area contributed by atoms with Crippen LogP contribution in [-0.2, 0) is 7.05 Å². The first-order valence-corrected chi connectivity index (χ1v) is 8.50. The Labute approximate surface area is 135 Å². The Morgan fingerprint density at radius 1 is 1.45 bits per heavy atom. The Hall–Kier alpha value is -0.910. The van der Waals surface area contributed by atoms with Gasteiger partial charge in [0.05, 0.1) is 6.20 Å². The van der Waals surface area contributed by atoms with Gasteiger partial charge >= 0.3 is 0 Å². The van der Waals surface area contributed by atoms with Crippen LogP contribution < -0.4 is 5.73 Å². The van der Waals surface area contributed by atoms with Gasteiger partial charge in [-0.2, -0.15) is 5.10 Å². The van der Waals surface area contributed by atoms with E-state index in [0.29, 0.717) is 12.0 Å². The summed E-state index contributed by atoms with van der Waals surface area (Å²) in [6.07, 6.45) is 6.79. The topological polar surface area (TPSA) is 50.3 Å². The van der Waals surface area contributed by atoms with Gasteiger partial charge in [0.2, 0.25) is 0 Å². The van der Waals surface area contributed by atoms with Crippen molar-refractivity contribution in [1.29, 1.82) is 0 Å². The lowest BCUT2D eigenvalue weighted by molar-refractivity contribution is 0.0727. The Morgan fingerprint density at radius 2 is 2.18 bits per heavy atom. The lowest BCUT2D eigenvalue weighted by Gasteiger charge is -2.42. The smallest absolute Gasteiger partial charge is 0.0537 e. The zero-order chi connectivity index (χ0) is 16.3. The highest BCUT2D eigenvalue weighted by Gasteiger charge is 2.33. The van der Waals surface area contributed by atoms with Crippen molar-refractivity contribution in [3.8, 4) is 0 Å². The lowest BCUT2D eigenvalue weighted by Crippen LogP contribution is -2.48. The molecule has 1 saturated heterocycles. The van der Waals surface area contributed by atoms with Crippen molar-refractivity contribution < 1.29 is 0 Å². The second-order valence-electron chi connectivity index (χ2n) is 7.61. The summed E-state index contributed by atoms with van der Waals surface area (Å²) in [5.41, 5.74) is 7.39. The average Bonchev–Trinajstić information content (AvgIpc) is 2.82. The number of aryl methyl sites for hydroxylation is 1. The van der Waals surface area contributed by atoms with E-state index in [4.69, 9.17) is 5.73 Å². The first-order chi connectivity index (χ1) is 10.3. The van der Waals surface area contributed by atoms with Crippen molar-refractivity contribution in [3.05, 3.63) is 18.0 Å². The highest BCUT2D eigenvalue weighted by atomic mass is 15.3. The molecule has 0 bridgehead atoms. The fraction of sp³-hybridized carbons (Fsp3) is 0.824. The van der Waals surface area contributed by atoms with Gasteiger partial charge in [0.1, 0.15) is 0 Å². The summed E-state index contributed by atoms with van der Waals surface area (Å²) in [6.45, 7) is 10.8. The van der Waals surface area contributed by atoms with E-state index in [1.54, 1.807) is 0 Å². The molecule has 0 aliphatic carbocycles. The molecule has 126 valence electrons. The zero-order valence-electron chi connectivity index (χ0n) is 14.9. The molecule has 22 heavy (non-hydrogen) atoms. The van der Waals surface area contributed by atoms with E-state index in [9.17, 15) is 0 Å². The van der Waals surface area contributed by atoms with Gasteiger partial charge in [-0.1, -0.05) is 6.92 Å². The highest BCUT2D eigenvalue weighted by molar-refractivity contribution is 5.13. The van der Waals surface area contributed by atoms with Crippen LogP contribution in [0.25, 0.3) is 0 Å². The minimum absolute atomic E-state index is 0.141. The van der Waals surface area contributed by atoms with Gasteiger partial charge in [-0.3, -0.25) is 9.58 Å². The largest absolute Gasteiger partial charge is 0.324 e. The van der Waals surface area contributed by atoms with Gasteiger partial charge in [-0.15, -0.1) is 0 Å². The van der Waals surface area contributed by atoms with Gasteiger partial charge in [0.25, 0.3) is 0 Å². The second-order valence-corrected chi connectivity index (χ2v) is 7.61. The first-order valence-electron chi connectivity index (χ1n) is 8.50. The van der Waals surface area contributed by atoms with Crippen LogP contribution in [0.5, 0.6) is 0 Å². The predicted octanol–water partition coefficient (Wildman–Crippen LogP) is 1.86. The summed E-state index contributed by atoms with van der Waals surface area (Å²) in [5.74, 6) is 0.644. The first kappa shape index (κ1) is 17.4. The van der Waals surface area contributed by atoms with Crippen LogP contribution in [-0.4, -0.2) is 58.3 Å². The molecule has 1 aromatic heterocycles. The molecule has 2 rings (SSSR count).